The van der Waals surface area contributed by atoms with Gasteiger partial charge in [0.2, 0.25) is 11.7 Å². The van der Waals surface area contributed by atoms with E-state index in [-0.39, 0.29) is 36.7 Å². The highest BCUT2D eigenvalue weighted by Crippen LogP contribution is 2.40. The quantitative estimate of drug-likeness (QED) is 0.623. The van der Waals surface area contributed by atoms with Crippen molar-refractivity contribution >= 4 is 40.0 Å². The molecular formula is C20H17Cl2N5O2. The Morgan fingerprint density at radius 1 is 1.41 bits per heavy atom. The standard InChI is InChI=1S/C20H17Cl2N5O2/c1-11-16-12-3-4-13(21)17(22)18(12)25-14(16)6-9-27(11)20(28)19-24-8-5-15(26-19)29-10-2-7-23/h3-5,8,11,25H,2,6,9-10H2,1H3/t11-/m1/s1. The molecule has 3 heterocycles. The van der Waals surface area contributed by atoms with E-state index in [9.17, 15) is 4.79 Å². The predicted molar refractivity (Wildman–Crippen MR) is 109 cm³/mol. The number of carbonyl (C=O) groups is 1. The maximum Gasteiger partial charge on any atom is 0.292 e. The first-order valence-electron chi connectivity index (χ1n) is 9.13. The van der Waals surface area contributed by atoms with Crippen LogP contribution in [0.4, 0.5) is 0 Å². The molecule has 1 aromatic carbocycles. The number of nitrogens with one attached hydrogen (secondary N) is 1. The number of hydrogen-bond acceptors (Lipinski definition) is 5. The summed E-state index contributed by atoms with van der Waals surface area (Å²) in [7, 11) is 0. The number of rotatable bonds is 4. The Morgan fingerprint density at radius 3 is 3.03 bits per heavy atom. The summed E-state index contributed by atoms with van der Waals surface area (Å²) in [5, 5.41) is 10.5. The number of fused-ring (bicyclic) bond motifs is 3. The fourth-order valence-corrected chi connectivity index (χ4v) is 4.04. The van der Waals surface area contributed by atoms with E-state index < -0.39 is 0 Å². The Bertz CT molecular complexity index is 1140. The first-order chi connectivity index (χ1) is 14.0. The summed E-state index contributed by atoms with van der Waals surface area (Å²) in [5.74, 6) is 0.0661. The summed E-state index contributed by atoms with van der Waals surface area (Å²) in [6.45, 7) is 2.70. The Hall–Kier alpha value is -2.82. The van der Waals surface area contributed by atoms with Crippen LogP contribution in [0.3, 0.4) is 0 Å². The van der Waals surface area contributed by atoms with E-state index in [4.69, 9.17) is 33.2 Å². The first kappa shape index (κ1) is 19.5. The third kappa shape index (κ3) is 3.50. The van der Waals surface area contributed by atoms with Crippen molar-refractivity contribution in [1.29, 1.82) is 5.26 Å². The van der Waals surface area contributed by atoms with Crippen LogP contribution in [0.2, 0.25) is 10.0 Å². The number of nitriles is 1. The smallest absolute Gasteiger partial charge is 0.292 e. The molecular weight excluding hydrogens is 413 g/mol. The minimum absolute atomic E-state index is 0.0654. The molecule has 0 bridgehead atoms. The van der Waals surface area contributed by atoms with Gasteiger partial charge in [-0.2, -0.15) is 10.2 Å². The van der Waals surface area contributed by atoms with Gasteiger partial charge in [-0.3, -0.25) is 4.79 Å². The molecule has 1 amide bonds. The number of hydrogen-bond donors (Lipinski definition) is 1. The Labute approximate surface area is 177 Å². The number of H-pyrrole nitrogens is 1. The second kappa shape index (κ2) is 7.90. The molecule has 0 spiro atoms. The molecule has 1 N–H and O–H groups in total. The van der Waals surface area contributed by atoms with Crippen LogP contribution in [0.25, 0.3) is 10.9 Å². The van der Waals surface area contributed by atoms with Crippen molar-refractivity contribution in [2.24, 2.45) is 0 Å². The molecule has 148 valence electrons. The van der Waals surface area contributed by atoms with Crippen molar-refractivity contribution in [3.8, 4) is 11.9 Å². The molecule has 0 radical (unpaired) electrons. The maximum atomic E-state index is 13.1. The first-order valence-corrected chi connectivity index (χ1v) is 9.89. The molecule has 4 rings (SSSR count). The SMILES string of the molecule is C[C@@H]1c2c([nH]c3c(Cl)c(Cl)ccc23)CCN1C(=O)c1nccc(OCCC#N)n1. The largest absolute Gasteiger partial charge is 0.476 e. The molecule has 0 saturated heterocycles. The number of halogens is 2. The van der Waals surface area contributed by atoms with Gasteiger partial charge in [-0.1, -0.05) is 29.3 Å². The summed E-state index contributed by atoms with van der Waals surface area (Å²) >= 11 is 12.5. The van der Waals surface area contributed by atoms with Crippen LogP contribution in [0.1, 0.15) is 41.3 Å². The zero-order valence-corrected chi connectivity index (χ0v) is 17.1. The Morgan fingerprint density at radius 2 is 2.24 bits per heavy atom. The number of benzene rings is 1. The van der Waals surface area contributed by atoms with E-state index in [0.29, 0.717) is 23.0 Å². The van der Waals surface area contributed by atoms with Crippen LogP contribution in [0.5, 0.6) is 5.88 Å². The highest BCUT2D eigenvalue weighted by atomic mass is 35.5. The molecule has 3 aromatic rings. The van der Waals surface area contributed by atoms with Crippen molar-refractivity contribution in [1.82, 2.24) is 19.9 Å². The lowest BCUT2D eigenvalue weighted by atomic mass is 9.97. The molecule has 0 saturated carbocycles. The molecule has 1 aliphatic rings. The van der Waals surface area contributed by atoms with Crippen LogP contribution < -0.4 is 4.74 Å². The summed E-state index contributed by atoms with van der Waals surface area (Å²) in [4.78, 5) is 26.5. The minimum atomic E-state index is -0.275. The van der Waals surface area contributed by atoms with Crippen molar-refractivity contribution in [2.75, 3.05) is 13.2 Å². The molecule has 0 unspecified atom stereocenters. The Balaban J connectivity index is 1.63. The molecule has 29 heavy (non-hydrogen) atoms. The van der Waals surface area contributed by atoms with Gasteiger partial charge in [0.25, 0.3) is 5.91 Å². The maximum absolute atomic E-state index is 13.1. The molecule has 0 aliphatic carbocycles. The van der Waals surface area contributed by atoms with Gasteiger partial charge in [0.1, 0.15) is 6.61 Å². The van der Waals surface area contributed by atoms with Gasteiger partial charge in [0.05, 0.1) is 34.1 Å². The lowest BCUT2D eigenvalue weighted by Crippen LogP contribution is -2.39. The second-order valence-corrected chi connectivity index (χ2v) is 7.49. The molecule has 2 aromatic heterocycles. The minimum Gasteiger partial charge on any atom is -0.476 e. The number of ether oxygens (including phenoxy) is 1. The molecule has 7 nitrogen and oxygen atoms in total. The highest BCUT2D eigenvalue weighted by molar-refractivity contribution is 6.45. The number of aromatic nitrogens is 3. The number of amides is 1. The summed E-state index contributed by atoms with van der Waals surface area (Å²) in [6.07, 6.45) is 2.38. The van der Waals surface area contributed by atoms with Crippen molar-refractivity contribution < 1.29 is 9.53 Å². The van der Waals surface area contributed by atoms with E-state index in [2.05, 4.69) is 15.0 Å². The normalized spacial score (nSPS) is 15.8. The van der Waals surface area contributed by atoms with Gasteiger partial charge in [-0.15, -0.1) is 0 Å². The zero-order valence-electron chi connectivity index (χ0n) is 15.6. The topological polar surface area (TPSA) is 94.9 Å². The Kier molecular flexibility index (Phi) is 5.31. The zero-order chi connectivity index (χ0) is 20.5. The van der Waals surface area contributed by atoms with Gasteiger partial charge >= 0.3 is 0 Å². The molecule has 9 heteroatoms. The number of carbonyl (C=O) groups excluding carboxylic acids is 1. The van der Waals surface area contributed by atoms with Crippen molar-refractivity contribution in [3.63, 3.8) is 0 Å². The lowest BCUT2D eigenvalue weighted by Gasteiger charge is -2.33. The highest BCUT2D eigenvalue weighted by Gasteiger charge is 2.33. The van der Waals surface area contributed by atoms with Gasteiger partial charge in [0, 0.05) is 41.9 Å². The number of nitrogens with zero attached hydrogens (tertiary/aromatic N) is 4. The van der Waals surface area contributed by atoms with Gasteiger partial charge < -0.3 is 14.6 Å². The third-order valence-corrected chi connectivity index (χ3v) is 5.82. The van der Waals surface area contributed by atoms with E-state index in [1.807, 2.05) is 19.1 Å². The summed E-state index contributed by atoms with van der Waals surface area (Å²) in [5.41, 5.74) is 2.87. The van der Waals surface area contributed by atoms with E-state index in [1.54, 1.807) is 17.0 Å². The fraction of sp³-hybridized carbons (Fsp3) is 0.300. The van der Waals surface area contributed by atoms with Crippen LogP contribution >= 0.6 is 23.2 Å². The predicted octanol–water partition coefficient (Wildman–Crippen LogP) is 4.32. The van der Waals surface area contributed by atoms with Gasteiger partial charge in [0.15, 0.2) is 0 Å². The van der Waals surface area contributed by atoms with Crippen LogP contribution in [-0.4, -0.2) is 38.9 Å². The number of aromatic amines is 1. The molecule has 1 atom stereocenters. The summed E-state index contributed by atoms with van der Waals surface area (Å²) in [6, 6.07) is 7.06. The molecule has 0 fully saturated rings. The third-order valence-electron chi connectivity index (χ3n) is 5.02. The van der Waals surface area contributed by atoms with Gasteiger partial charge in [-0.25, -0.2) is 4.98 Å². The average Bonchev–Trinajstić information content (AvgIpc) is 3.11. The summed E-state index contributed by atoms with van der Waals surface area (Å²) < 4.78 is 5.40. The van der Waals surface area contributed by atoms with E-state index in [1.165, 1.54) is 6.20 Å². The monoisotopic (exact) mass is 429 g/mol. The lowest BCUT2D eigenvalue weighted by molar-refractivity contribution is 0.0664. The van der Waals surface area contributed by atoms with Crippen molar-refractivity contribution in [2.45, 2.75) is 25.8 Å². The second-order valence-electron chi connectivity index (χ2n) is 6.70. The van der Waals surface area contributed by atoms with Crippen LogP contribution in [0.15, 0.2) is 24.4 Å². The fourth-order valence-electron chi connectivity index (χ4n) is 3.67. The van der Waals surface area contributed by atoms with Gasteiger partial charge in [-0.05, 0) is 13.0 Å². The molecule has 1 aliphatic heterocycles. The van der Waals surface area contributed by atoms with E-state index in [0.717, 1.165) is 22.2 Å². The average molecular weight is 430 g/mol. The van der Waals surface area contributed by atoms with Crippen LogP contribution in [-0.2, 0) is 6.42 Å². The van der Waals surface area contributed by atoms with E-state index >= 15 is 0 Å². The van der Waals surface area contributed by atoms with Crippen molar-refractivity contribution in [3.05, 3.63) is 51.5 Å². The van der Waals surface area contributed by atoms with Crippen LogP contribution in [0, 0.1) is 11.3 Å².